The van der Waals surface area contributed by atoms with E-state index in [1.54, 1.807) is 0 Å². The molecule has 4 nitrogen and oxygen atoms in total. The summed E-state index contributed by atoms with van der Waals surface area (Å²) < 4.78 is 347. The summed E-state index contributed by atoms with van der Waals surface area (Å²) in [6.07, 6.45) is -27.9. The number of aliphatic imine (C=N–C) groups is 1. The number of hydrogen-bond donors (Lipinski definition) is 0. The van der Waals surface area contributed by atoms with E-state index in [2.05, 4.69) is 80.8 Å². The van der Waals surface area contributed by atoms with E-state index >= 15 is 0 Å². The summed E-state index contributed by atoms with van der Waals surface area (Å²) in [5.74, 6) is 3.96. The molecule has 5 fully saturated rings. The molecule has 12 rings (SSSR count). The fourth-order valence-electron chi connectivity index (χ4n) is 14.7. The van der Waals surface area contributed by atoms with Crippen LogP contribution in [0.2, 0.25) is 0 Å². The average Bonchev–Trinajstić information content (AvgIpc) is 0.760. The third-order valence-corrected chi connectivity index (χ3v) is 18.1. The van der Waals surface area contributed by atoms with Gasteiger partial charge in [0, 0.05) is 50.2 Å². The van der Waals surface area contributed by atoms with Gasteiger partial charge in [-0.15, -0.1) is 0 Å². The second-order valence-electron chi connectivity index (χ2n) is 25.3. The Kier molecular flexibility index (Phi) is 21.7. The topological polar surface area (TPSA) is 28.1 Å². The van der Waals surface area contributed by atoms with Gasteiger partial charge in [-0.3, -0.25) is 0 Å². The van der Waals surface area contributed by atoms with Crippen LogP contribution in [0.5, 0.6) is 0 Å². The first-order valence-electron chi connectivity index (χ1n) is 29.9. The Hall–Kier alpha value is -6.06. The molecule has 5 aromatic rings. The van der Waals surface area contributed by atoms with Crippen molar-refractivity contribution in [3.8, 4) is 0 Å². The number of benzene rings is 5. The summed E-state index contributed by atoms with van der Waals surface area (Å²) in [7, 11) is 0. The molecule has 2 heterocycles. The van der Waals surface area contributed by atoms with Gasteiger partial charge in [0.15, 0.2) is 5.90 Å². The minimum atomic E-state index is -6.13. The summed E-state index contributed by atoms with van der Waals surface area (Å²) in [6.45, 7) is 9.24. The second-order valence-corrected chi connectivity index (χ2v) is 25.3. The molecule has 0 saturated heterocycles. The summed E-state index contributed by atoms with van der Waals surface area (Å²) in [4.78, 5) is 9.97. The Morgan fingerprint density at radius 2 is 0.698 bits per heavy atom. The molecule has 7 aliphatic rings. The molecule has 0 unspecified atom stereocenters. The zero-order chi connectivity index (χ0) is 70.0. The zero-order valence-corrected chi connectivity index (χ0v) is 53.2. The number of halogens is 24. The van der Waals surface area contributed by atoms with Crippen LogP contribution in [0.15, 0.2) is 102 Å². The van der Waals surface area contributed by atoms with E-state index in [9.17, 15) is 105 Å². The number of aryl methyl sites for hydroxylation is 3. The number of ether oxygens (including phenoxy) is 1. The molecule has 96 heavy (non-hydrogen) atoms. The van der Waals surface area contributed by atoms with E-state index in [0.717, 1.165) is 43.5 Å². The monoisotopic (exact) mass is 1570 g/mol. The fraction of sp³-hybridized carbons (Fsp3) is 0.439. The predicted octanol–water partition coefficient (Wildman–Crippen LogP) is 18.8. The van der Waals surface area contributed by atoms with E-state index in [4.69, 9.17) is 9.73 Å². The standard InChI is InChI=1S/C32H12BF24.C26H35N3O.C8H12.Ir/c34-25(35,36)13-1-14(26(37,38)39)6-21(5-13)33(22-7-15(27(40,41)42)2-16(8-22)28(43,44)45,23-9-17(29(46,47)48)3-18(10-23)30(49,50)51)24-11-19(31(52,53)54)4-20(12-24)32(55,56)57;1-17-6-18(2)24(19(3)7-17)29-5-4-28(16-29)14-23-15-30-25(27-23)26-11-20-8-21(12-26)10-22(9-20)13-26;1-2-4-6-8-7-5-3-1;/h1-12H;4-7,20-23H,8-16H2,1-3H3;1-2,7-8H,3-6H2;/q-1;;;/t;20?,21?,22?,23-,26?;;/m.1../s1. The Bertz CT molecular complexity index is 3130. The zero-order valence-electron chi connectivity index (χ0n) is 50.8. The largest absolute Gasteiger partial charge is 0.478 e. The second kappa shape index (κ2) is 27.6. The van der Waals surface area contributed by atoms with Crippen molar-refractivity contribution in [1.29, 1.82) is 0 Å². The molecule has 2 aliphatic heterocycles. The Morgan fingerprint density at radius 3 is 0.969 bits per heavy atom. The van der Waals surface area contributed by atoms with Crippen molar-refractivity contribution >= 4 is 39.6 Å². The van der Waals surface area contributed by atoms with Gasteiger partial charge in [-0.2, -0.15) is 127 Å². The quantitative estimate of drug-likeness (QED) is 0.114. The molecule has 30 heteroatoms. The molecule has 525 valence electrons. The first kappa shape index (κ1) is 75.7. The molecule has 5 radical (unpaired) electrons. The van der Waals surface area contributed by atoms with E-state index in [1.807, 2.05) is 0 Å². The van der Waals surface area contributed by atoms with Crippen LogP contribution in [0.4, 0.5) is 111 Å². The van der Waals surface area contributed by atoms with Crippen molar-refractivity contribution < 1.29 is 130 Å². The number of anilines is 1. The van der Waals surface area contributed by atoms with E-state index in [1.165, 1.54) is 86.6 Å². The van der Waals surface area contributed by atoms with Crippen LogP contribution >= 0.6 is 0 Å². The Balaban J connectivity index is 0.000000247. The van der Waals surface area contributed by atoms with Crippen LogP contribution in [-0.4, -0.2) is 42.8 Å². The average molecular weight is 1570 g/mol. The molecule has 0 spiro atoms. The van der Waals surface area contributed by atoms with Gasteiger partial charge >= 0.3 is 49.4 Å². The van der Waals surface area contributed by atoms with Gasteiger partial charge in [-0.25, -0.2) is 4.99 Å². The van der Waals surface area contributed by atoms with Gasteiger partial charge in [0.1, 0.15) is 18.8 Å². The fourth-order valence-corrected chi connectivity index (χ4v) is 14.7. The predicted molar refractivity (Wildman–Crippen MR) is 307 cm³/mol. The van der Waals surface area contributed by atoms with E-state index in [0.29, 0.717) is 5.41 Å². The molecule has 1 atom stereocenters. The molecule has 0 amide bonds. The molecule has 5 aromatic carbocycles. The maximum Gasteiger partial charge on any atom is 0.416 e. The summed E-state index contributed by atoms with van der Waals surface area (Å²) in [5, 5.41) is 0. The maximum absolute atomic E-state index is 14.2. The molecule has 0 N–H and O–H groups in total. The number of hydrogen-bond acceptors (Lipinski definition) is 4. The number of alkyl halides is 24. The van der Waals surface area contributed by atoms with Gasteiger partial charge in [0.05, 0.1) is 51.2 Å². The molecule has 5 aliphatic carbocycles. The van der Waals surface area contributed by atoms with Crippen molar-refractivity contribution in [2.45, 2.75) is 140 Å². The minimum Gasteiger partial charge on any atom is -0.478 e. The van der Waals surface area contributed by atoms with Crippen molar-refractivity contribution in [2.24, 2.45) is 28.2 Å². The van der Waals surface area contributed by atoms with E-state index < -0.39 is 195 Å². The van der Waals surface area contributed by atoms with E-state index in [-0.39, 0.29) is 26.1 Å². The van der Waals surface area contributed by atoms with Crippen LogP contribution in [0, 0.1) is 69.6 Å². The van der Waals surface area contributed by atoms with Crippen molar-refractivity contribution in [3.63, 3.8) is 0 Å². The van der Waals surface area contributed by atoms with Crippen LogP contribution < -0.4 is 26.8 Å². The maximum atomic E-state index is 14.2. The Morgan fingerprint density at radius 1 is 0.417 bits per heavy atom. The summed E-state index contributed by atoms with van der Waals surface area (Å²) in [6, 6.07) is -3.97. The van der Waals surface area contributed by atoms with Crippen molar-refractivity contribution in [3.05, 3.63) is 184 Å². The van der Waals surface area contributed by atoms with Crippen LogP contribution in [-0.2, 0) is 74.3 Å². The third-order valence-electron chi connectivity index (χ3n) is 18.1. The molecular weight excluding hydrogens is 1510 g/mol. The first-order chi connectivity index (χ1) is 43.7. The number of rotatable bonds is 8. The molecule has 4 bridgehead atoms. The SMILES string of the molecule is Cc1cc(C)c(N2C=CN(C[C@@H]3COC(C45CC6CC(CC(C6)C4)C5)=N3)C2)c(C)c1.FC(F)(F)c1cc([B-](c2cc(C(F)(F)F)cc(C(F)(F)F)c2)(c2cc(C(F)(F)F)cc(C(F)(F)F)c2)c2cc(C(F)(F)F)cc(C(F)(F)F)c2)cc(C(F)(F)F)c1.[CH]1[CH]CC[CH][CH]CC1.[Ir]. The minimum absolute atomic E-state index is 0. The van der Waals surface area contributed by atoms with Crippen LogP contribution in [0.25, 0.3) is 0 Å². The van der Waals surface area contributed by atoms with Gasteiger partial charge < -0.3 is 14.5 Å². The van der Waals surface area contributed by atoms with Crippen molar-refractivity contribution in [1.82, 2.24) is 4.90 Å². The van der Waals surface area contributed by atoms with Crippen LogP contribution in [0.1, 0.15) is 125 Å². The number of nitrogens with zero attached hydrogens (tertiary/aromatic N) is 3. The van der Waals surface area contributed by atoms with Crippen molar-refractivity contribution in [2.75, 3.05) is 24.7 Å². The molecule has 0 aromatic heterocycles. The smallest absolute Gasteiger partial charge is 0.416 e. The molecule has 5 saturated carbocycles. The molecular formula is C66H59BF24IrN3O-. The summed E-state index contributed by atoms with van der Waals surface area (Å²) in [5.41, 5.74) is -24.5. The normalized spacial score (nSPS) is 21.9. The van der Waals surface area contributed by atoms with Gasteiger partial charge in [0.25, 0.3) is 0 Å². The van der Waals surface area contributed by atoms with Crippen LogP contribution in [0.3, 0.4) is 0 Å². The summed E-state index contributed by atoms with van der Waals surface area (Å²) >= 11 is 0. The first-order valence-corrected chi connectivity index (χ1v) is 29.9. The van der Waals surface area contributed by atoms with Gasteiger partial charge in [0.2, 0.25) is 0 Å². The van der Waals surface area contributed by atoms with Gasteiger partial charge in [-0.05, 0) is 164 Å². The Labute approximate surface area is 550 Å². The third kappa shape index (κ3) is 17.1. The van der Waals surface area contributed by atoms with Gasteiger partial charge in [-0.1, -0.05) is 66.2 Å².